The fraction of sp³-hybridized carbons (Fsp3) is 0.533. The largest absolute Gasteiger partial charge is 0.416 e. The number of benzene rings is 1. The lowest BCUT2D eigenvalue weighted by Gasteiger charge is -2.16. The van der Waals surface area contributed by atoms with Crippen LogP contribution in [0.25, 0.3) is 0 Å². The summed E-state index contributed by atoms with van der Waals surface area (Å²) in [5, 5.41) is 2.63. The summed E-state index contributed by atoms with van der Waals surface area (Å²) in [5.41, 5.74) is -0.582. The van der Waals surface area contributed by atoms with Gasteiger partial charge in [0.2, 0.25) is 5.91 Å². The number of anilines is 1. The fourth-order valence-corrected chi connectivity index (χ4v) is 2.92. The number of hydrogen-bond acceptors (Lipinski definition) is 1. The average molecular weight is 364 g/mol. The van der Waals surface area contributed by atoms with Crippen molar-refractivity contribution in [3.05, 3.63) is 28.2 Å². The van der Waals surface area contributed by atoms with Crippen LogP contribution in [0.2, 0.25) is 0 Å². The predicted octanol–water partition coefficient (Wildman–Crippen LogP) is 5.38. The van der Waals surface area contributed by atoms with Crippen molar-refractivity contribution in [1.29, 1.82) is 0 Å². The molecule has 0 radical (unpaired) electrons. The van der Waals surface area contributed by atoms with Crippen LogP contribution in [0.4, 0.5) is 18.9 Å². The third kappa shape index (κ3) is 4.46. The highest BCUT2D eigenvalue weighted by molar-refractivity contribution is 9.10. The summed E-state index contributed by atoms with van der Waals surface area (Å²) < 4.78 is 38.6. The molecular weight excluding hydrogens is 347 g/mol. The summed E-state index contributed by atoms with van der Waals surface area (Å²) in [7, 11) is 0. The van der Waals surface area contributed by atoms with E-state index in [1.807, 2.05) is 0 Å². The van der Waals surface area contributed by atoms with Crippen LogP contribution < -0.4 is 5.32 Å². The first kappa shape index (κ1) is 16.3. The van der Waals surface area contributed by atoms with Gasteiger partial charge in [0.05, 0.1) is 11.3 Å². The SMILES string of the molecule is O=C(Nc1cc(C(F)(F)F)ccc1Br)C1CCCCCC1. The van der Waals surface area contributed by atoms with Gasteiger partial charge in [0.15, 0.2) is 0 Å². The maximum Gasteiger partial charge on any atom is 0.416 e. The molecule has 0 aromatic heterocycles. The lowest BCUT2D eigenvalue weighted by Crippen LogP contribution is -2.22. The summed E-state index contributed by atoms with van der Waals surface area (Å²) in [4.78, 5) is 12.2. The Bertz CT molecular complexity index is 508. The molecule has 0 heterocycles. The van der Waals surface area contributed by atoms with Gasteiger partial charge in [-0.15, -0.1) is 0 Å². The van der Waals surface area contributed by atoms with Crippen molar-refractivity contribution in [2.24, 2.45) is 5.92 Å². The van der Waals surface area contributed by atoms with E-state index < -0.39 is 11.7 Å². The summed E-state index contributed by atoms with van der Waals surface area (Å²) in [6, 6.07) is 3.27. The van der Waals surface area contributed by atoms with Crippen LogP contribution in [0, 0.1) is 5.92 Å². The van der Waals surface area contributed by atoms with Gasteiger partial charge in [-0.05, 0) is 47.0 Å². The van der Waals surface area contributed by atoms with E-state index in [4.69, 9.17) is 0 Å². The molecule has 2 rings (SSSR count). The molecule has 1 fully saturated rings. The summed E-state index contributed by atoms with van der Waals surface area (Å²) in [5.74, 6) is -0.286. The molecule has 1 aliphatic carbocycles. The van der Waals surface area contributed by atoms with Crippen molar-refractivity contribution < 1.29 is 18.0 Å². The van der Waals surface area contributed by atoms with E-state index in [1.54, 1.807) is 0 Å². The number of nitrogens with one attached hydrogen (secondary N) is 1. The van der Waals surface area contributed by atoms with Gasteiger partial charge in [0, 0.05) is 10.4 Å². The van der Waals surface area contributed by atoms with Crippen LogP contribution >= 0.6 is 15.9 Å². The zero-order chi connectivity index (χ0) is 15.5. The highest BCUT2D eigenvalue weighted by Gasteiger charge is 2.31. The van der Waals surface area contributed by atoms with Crippen molar-refractivity contribution >= 4 is 27.5 Å². The van der Waals surface area contributed by atoms with Crippen molar-refractivity contribution in [2.75, 3.05) is 5.32 Å². The third-order valence-corrected chi connectivity index (χ3v) is 4.47. The number of amides is 1. The molecule has 2 nitrogen and oxygen atoms in total. The monoisotopic (exact) mass is 363 g/mol. The molecule has 21 heavy (non-hydrogen) atoms. The minimum atomic E-state index is -4.41. The van der Waals surface area contributed by atoms with Crippen LogP contribution in [-0.2, 0) is 11.0 Å². The van der Waals surface area contributed by atoms with Crippen LogP contribution in [0.15, 0.2) is 22.7 Å². The maximum absolute atomic E-state index is 12.7. The van der Waals surface area contributed by atoms with Gasteiger partial charge in [-0.2, -0.15) is 13.2 Å². The Kier molecular flexibility index (Phi) is 5.30. The maximum atomic E-state index is 12.7. The molecule has 1 N–H and O–H groups in total. The van der Waals surface area contributed by atoms with Crippen LogP contribution in [0.1, 0.15) is 44.1 Å². The topological polar surface area (TPSA) is 29.1 Å². The molecule has 1 saturated carbocycles. The Morgan fingerprint density at radius 2 is 1.76 bits per heavy atom. The minimum absolute atomic E-state index is 0.103. The smallest absolute Gasteiger partial charge is 0.325 e. The van der Waals surface area contributed by atoms with Crippen molar-refractivity contribution in [2.45, 2.75) is 44.7 Å². The second-order valence-electron chi connectivity index (χ2n) is 5.37. The summed E-state index contributed by atoms with van der Waals surface area (Å²) in [6.45, 7) is 0. The molecule has 0 unspecified atom stereocenters. The number of carbonyl (C=O) groups excluding carboxylic acids is 1. The summed E-state index contributed by atoms with van der Waals surface area (Å²) in [6.07, 6.45) is 1.45. The molecule has 6 heteroatoms. The van der Waals surface area contributed by atoms with Gasteiger partial charge in [0.25, 0.3) is 0 Å². The Morgan fingerprint density at radius 1 is 1.14 bits per heavy atom. The van der Waals surface area contributed by atoms with Gasteiger partial charge in [-0.1, -0.05) is 25.7 Å². The number of rotatable bonds is 2. The Morgan fingerprint density at radius 3 is 2.33 bits per heavy atom. The minimum Gasteiger partial charge on any atom is -0.325 e. The van der Waals surface area contributed by atoms with Crippen molar-refractivity contribution in [3.8, 4) is 0 Å². The number of carbonyl (C=O) groups is 1. The lowest BCUT2D eigenvalue weighted by molar-refractivity contribution is -0.137. The van der Waals surface area contributed by atoms with Gasteiger partial charge in [0.1, 0.15) is 0 Å². The van der Waals surface area contributed by atoms with Crippen molar-refractivity contribution in [3.63, 3.8) is 0 Å². The van der Waals surface area contributed by atoms with E-state index in [0.29, 0.717) is 4.47 Å². The quantitative estimate of drug-likeness (QED) is 0.702. The number of hydrogen-bond donors (Lipinski definition) is 1. The Labute approximate surface area is 130 Å². The molecule has 0 atom stereocenters. The molecule has 1 aromatic rings. The average Bonchev–Trinajstić information content (AvgIpc) is 2.68. The van der Waals surface area contributed by atoms with Gasteiger partial charge < -0.3 is 5.32 Å². The van der Waals surface area contributed by atoms with Crippen molar-refractivity contribution in [1.82, 2.24) is 0 Å². The van der Waals surface area contributed by atoms with E-state index >= 15 is 0 Å². The first-order valence-corrected chi connectivity index (χ1v) is 7.85. The Balaban J connectivity index is 2.12. The van der Waals surface area contributed by atoms with E-state index in [0.717, 1.165) is 50.7 Å². The van der Waals surface area contributed by atoms with E-state index in [1.165, 1.54) is 6.07 Å². The molecule has 116 valence electrons. The third-order valence-electron chi connectivity index (χ3n) is 3.78. The molecule has 1 aliphatic rings. The van der Waals surface area contributed by atoms with Gasteiger partial charge in [-0.25, -0.2) is 0 Å². The molecular formula is C15H17BrF3NO. The highest BCUT2D eigenvalue weighted by atomic mass is 79.9. The normalized spacial score (nSPS) is 17.3. The lowest BCUT2D eigenvalue weighted by atomic mass is 9.99. The molecule has 1 aromatic carbocycles. The van der Waals surface area contributed by atoms with E-state index in [-0.39, 0.29) is 17.5 Å². The van der Waals surface area contributed by atoms with Crippen LogP contribution in [0.3, 0.4) is 0 Å². The van der Waals surface area contributed by atoms with Crippen LogP contribution in [0.5, 0.6) is 0 Å². The molecule has 0 saturated heterocycles. The first-order chi connectivity index (χ1) is 9.88. The van der Waals surface area contributed by atoms with Crippen LogP contribution in [-0.4, -0.2) is 5.91 Å². The van der Waals surface area contributed by atoms with E-state index in [9.17, 15) is 18.0 Å². The Hall–Kier alpha value is -1.04. The zero-order valence-electron chi connectivity index (χ0n) is 11.5. The zero-order valence-corrected chi connectivity index (χ0v) is 13.1. The van der Waals surface area contributed by atoms with E-state index in [2.05, 4.69) is 21.2 Å². The first-order valence-electron chi connectivity index (χ1n) is 7.05. The second-order valence-corrected chi connectivity index (χ2v) is 6.22. The standard InChI is InChI=1S/C15H17BrF3NO/c16-12-8-7-11(15(17,18)19)9-13(12)20-14(21)10-5-3-1-2-4-6-10/h7-10H,1-6H2,(H,20,21). The molecule has 1 amide bonds. The molecule has 0 aliphatic heterocycles. The highest BCUT2D eigenvalue weighted by Crippen LogP contribution is 2.34. The number of alkyl halides is 3. The molecule has 0 spiro atoms. The summed E-state index contributed by atoms with van der Waals surface area (Å²) >= 11 is 3.18. The van der Waals surface area contributed by atoms with Gasteiger partial charge in [-0.3, -0.25) is 4.79 Å². The van der Waals surface area contributed by atoms with Gasteiger partial charge >= 0.3 is 6.18 Å². The number of halogens is 4. The molecule has 0 bridgehead atoms. The predicted molar refractivity (Wildman–Crippen MR) is 79.0 cm³/mol. The second kappa shape index (κ2) is 6.81. The fourth-order valence-electron chi connectivity index (χ4n) is 2.57.